The van der Waals surface area contributed by atoms with Crippen molar-refractivity contribution in [1.29, 1.82) is 0 Å². The second kappa shape index (κ2) is 12.6. The minimum atomic E-state index is 0.794. The predicted molar refractivity (Wildman–Crippen MR) is 75.1 cm³/mol. The van der Waals surface area contributed by atoms with E-state index in [1.807, 2.05) is 30.3 Å². The fourth-order valence-electron chi connectivity index (χ4n) is 1.44. The molecule has 1 rings (SSSR count). The van der Waals surface area contributed by atoms with E-state index in [1.165, 1.54) is 44.9 Å². The van der Waals surface area contributed by atoms with Crippen LogP contribution in [-0.2, 0) is 0 Å². The Bertz CT molecular complexity index is 212. The van der Waals surface area contributed by atoms with E-state index in [2.05, 4.69) is 13.8 Å². The van der Waals surface area contributed by atoms with Gasteiger partial charge in [-0.2, -0.15) is 0 Å². The summed E-state index contributed by atoms with van der Waals surface area (Å²) >= 11 is 5.54. The van der Waals surface area contributed by atoms with Crippen molar-refractivity contribution < 1.29 is 0 Å². The Hall–Kier alpha value is -0.490. The van der Waals surface area contributed by atoms with Gasteiger partial charge < -0.3 is 0 Å². The molecule has 0 nitrogen and oxygen atoms in total. The number of benzene rings is 1. The van der Waals surface area contributed by atoms with Gasteiger partial charge in [0.1, 0.15) is 0 Å². The van der Waals surface area contributed by atoms with E-state index in [0.29, 0.717) is 0 Å². The molecule has 0 aliphatic carbocycles. The highest BCUT2D eigenvalue weighted by atomic mass is 35.5. The second-order valence-corrected chi connectivity index (χ2v) is 4.50. The summed E-state index contributed by atoms with van der Waals surface area (Å²) in [4.78, 5) is 0. The van der Waals surface area contributed by atoms with E-state index in [0.717, 1.165) is 5.02 Å². The highest BCUT2D eigenvalue weighted by Gasteiger charge is 1.85. The highest BCUT2D eigenvalue weighted by Crippen LogP contribution is 2.05. The van der Waals surface area contributed by atoms with Gasteiger partial charge in [-0.1, -0.05) is 88.6 Å². The maximum atomic E-state index is 5.54. The fraction of sp³-hybridized carbons (Fsp3) is 0.600. The van der Waals surface area contributed by atoms with Gasteiger partial charge in [0, 0.05) is 5.02 Å². The van der Waals surface area contributed by atoms with Crippen molar-refractivity contribution in [2.45, 2.75) is 58.8 Å². The molecule has 1 aromatic rings. The Morgan fingerprint density at radius 2 is 1.19 bits per heavy atom. The van der Waals surface area contributed by atoms with Crippen molar-refractivity contribution in [3.8, 4) is 0 Å². The van der Waals surface area contributed by atoms with E-state index >= 15 is 0 Å². The zero-order valence-corrected chi connectivity index (χ0v) is 11.5. The van der Waals surface area contributed by atoms with Crippen LogP contribution in [0, 0.1) is 0 Å². The van der Waals surface area contributed by atoms with Crippen LogP contribution in [0.3, 0.4) is 0 Å². The Morgan fingerprint density at radius 1 is 0.750 bits per heavy atom. The molecule has 0 atom stereocenters. The third kappa shape index (κ3) is 11.6. The lowest BCUT2D eigenvalue weighted by Crippen LogP contribution is -1.76. The number of hydrogen-bond donors (Lipinski definition) is 0. The normalized spacial score (nSPS) is 9.44. The summed E-state index contributed by atoms with van der Waals surface area (Å²) in [5, 5.41) is 0.794. The highest BCUT2D eigenvalue weighted by molar-refractivity contribution is 6.30. The van der Waals surface area contributed by atoms with E-state index in [9.17, 15) is 0 Å². The molecule has 1 aromatic carbocycles. The molecule has 0 N–H and O–H groups in total. The Balaban J connectivity index is 0.000000288. The van der Waals surface area contributed by atoms with Gasteiger partial charge in [0.2, 0.25) is 0 Å². The van der Waals surface area contributed by atoms with Gasteiger partial charge >= 0.3 is 0 Å². The van der Waals surface area contributed by atoms with Crippen LogP contribution in [0.2, 0.25) is 5.02 Å². The maximum Gasteiger partial charge on any atom is 0.0405 e. The lowest BCUT2D eigenvalue weighted by Gasteiger charge is -1.96. The van der Waals surface area contributed by atoms with Gasteiger partial charge in [0.25, 0.3) is 0 Å². The van der Waals surface area contributed by atoms with Crippen molar-refractivity contribution in [2.24, 2.45) is 0 Å². The van der Waals surface area contributed by atoms with Crippen LogP contribution in [0.1, 0.15) is 58.8 Å². The molecule has 0 amide bonds. The Labute approximate surface area is 106 Å². The summed E-state index contributed by atoms with van der Waals surface area (Å²) in [6, 6.07) is 9.44. The fourth-order valence-corrected chi connectivity index (χ4v) is 1.59. The van der Waals surface area contributed by atoms with Crippen molar-refractivity contribution in [3.63, 3.8) is 0 Å². The molecule has 0 aliphatic heterocycles. The average Bonchev–Trinajstić information content (AvgIpc) is 2.31. The second-order valence-electron chi connectivity index (χ2n) is 4.06. The molecule has 0 aliphatic rings. The first-order valence-electron chi connectivity index (χ1n) is 6.51. The van der Waals surface area contributed by atoms with Crippen molar-refractivity contribution in [1.82, 2.24) is 0 Å². The summed E-state index contributed by atoms with van der Waals surface area (Å²) in [5.74, 6) is 0. The quantitative estimate of drug-likeness (QED) is 0.528. The Morgan fingerprint density at radius 3 is 1.50 bits per heavy atom. The molecular weight excluding hydrogens is 216 g/mol. The topological polar surface area (TPSA) is 0 Å². The van der Waals surface area contributed by atoms with Gasteiger partial charge in [-0.3, -0.25) is 0 Å². The van der Waals surface area contributed by atoms with Crippen molar-refractivity contribution >= 4 is 11.6 Å². The lowest BCUT2D eigenvalue weighted by atomic mass is 10.1. The van der Waals surface area contributed by atoms with Crippen LogP contribution in [0.15, 0.2) is 30.3 Å². The molecule has 92 valence electrons. The number of halogens is 1. The minimum absolute atomic E-state index is 0.794. The number of hydrogen-bond acceptors (Lipinski definition) is 0. The molecule has 0 aromatic heterocycles. The molecular formula is C15H25Cl. The summed E-state index contributed by atoms with van der Waals surface area (Å²) < 4.78 is 0. The Kier molecular flexibility index (Phi) is 12.2. The standard InChI is InChI=1S/C9H20.C6H5Cl/c1-3-5-7-9-8-6-4-2;7-6-4-2-1-3-5-6/h3-9H2,1-2H3;1-5H. The molecule has 0 saturated carbocycles. The third-order valence-corrected chi connectivity index (χ3v) is 2.69. The summed E-state index contributed by atoms with van der Waals surface area (Å²) in [5.41, 5.74) is 0. The van der Waals surface area contributed by atoms with E-state index in [4.69, 9.17) is 11.6 Å². The average molecular weight is 241 g/mol. The summed E-state index contributed by atoms with van der Waals surface area (Å²) in [6.07, 6.45) is 9.97. The first kappa shape index (κ1) is 15.5. The molecule has 0 spiro atoms. The van der Waals surface area contributed by atoms with Crippen LogP contribution in [0.25, 0.3) is 0 Å². The predicted octanol–water partition coefficient (Wildman–Crippen LogP) is 6.10. The van der Waals surface area contributed by atoms with E-state index in [1.54, 1.807) is 0 Å². The molecule has 0 saturated heterocycles. The third-order valence-electron chi connectivity index (χ3n) is 2.44. The molecule has 1 heteroatoms. The monoisotopic (exact) mass is 240 g/mol. The van der Waals surface area contributed by atoms with E-state index < -0.39 is 0 Å². The zero-order chi connectivity index (χ0) is 12.1. The van der Waals surface area contributed by atoms with Gasteiger partial charge in [0.05, 0.1) is 0 Å². The summed E-state index contributed by atoms with van der Waals surface area (Å²) in [6.45, 7) is 4.53. The van der Waals surface area contributed by atoms with Gasteiger partial charge in [-0.05, 0) is 12.1 Å². The molecule has 0 bridgehead atoms. The minimum Gasteiger partial charge on any atom is -0.0843 e. The zero-order valence-electron chi connectivity index (χ0n) is 10.7. The first-order valence-corrected chi connectivity index (χ1v) is 6.89. The van der Waals surface area contributed by atoms with Crippen molar-refractivity contribution in [2.75, 3.05) is 0 Å². The van der Waals surface area contributed by atoms with E-state index in [-0.39, 0.29) is 0 Å². The van der Waals surface area contributed by atoms with Crippen LogP contribution in [0.5, 0.6) is 0 Å². The van der Waals surface area contributed by atoms with Crippen LogP contribution < -0.4 is 0 Å². The first-order chi connectivity index (χ1) is 7.81. The van der Waals surface area contributed by atoms with Crippen LogP contribution >= 0.6 is 11.6 Å². The van der Waals surface area contributed by atoms with Crippen LogP contribution in [-0.4, -0.2) is 0 Å². The maximum absolute atomic E-state index is 5.54. The largest absolute Gasteiger partial charge is 0.0843 e. The number of rotatable bonds is 6. The molecule has 16 heavy (non-hydrogen) atoms. The van der Waals surface area contributed by atoms with Gasteiger partial charge in [0.15, 0.2) is 0 Å². The molecule has 0 unspecified atom stereocenters. The van der Waals surface area contributed by atoms with Gasteiger partial charge in [-0.15, -0.1) is 0 Å². The SMILES string of the molecule is CCCCCCCCC.Clc1ccccc1. The summed E-state index contributed by atoms with van der Waals surface area (Å²) in [7, 11) is 0. The number of unbranched alkanes of at least 4 members (excludes halogenated alkanes) is 6. The van der Waals surface area contributed by atoms with Gasteiger partial charge in [-0.25, -0.2) is 0 Å². The molecule has 0 fully saturated rings. The molecule has 0 heterocycles. The lowest BCUT2D eigenvalue weighted by molar-refractivity contribution is 0.602. The van der Waals surface area contributed by atoms with Crippen LogP contribution in [0.4, 0.5) is 0 Å². The smallest absolute Gasteiger partial charge is 0.0405 e. The van der Waals surface area contributed by atoms with Crippen molar-refractivity contribution in [3.05, 3.63) is 35.4 Å². The molecule has 0 radical (unpaired) electrons.